The number of carbonyl (C=O) groups excluding carboxylic acids is 2. The smallest absolute Gasteiger partial charge is 0.418 e. The van der Waals surface area contributed by atoms with Crippen LogP contribution in [-0.4, -0.2) is 34.9 Å². The summed E-state index contributed by atoms with van der Waals surface area (Å²) < 4.78 is 44.9. The van der Waals surface area contributed by atoms with Crippen LogP contribution in [0.1, 0.15) is 28.5 Å². The Balaban J connectivity index is 1.62. The van der Waals surface area contributed by atoms with Gasteiger partial charge < -0.3 is 15.4 Å². The van der Waals surface area contributed by atoms with E-state index in [-0.39, 0.29) is 36.3 Å². The number of amides is 2. The summed E-state index contributed by atoms with van der Waals surface area (Å²) in [6, 6.07) is 9.78. The number of pyridine rings is 2. The summed E-state index contributed by atoms with van der Waals surface area (Å²) >= 11 is 0. The molecule has 0 saturated carbocycles. The second-order valence-electron chi connectivity index (χ2n) is 6.69. The van der Waals surface area contributed by atoms with Crippen molar-refractivity contribution in [2.45, 2.75) is 20.0 Å². The van der Waals surface area contributed by atoms with Gasteiger partial charge in [0.2, 0.25) is 11.8 Å². The topological polar surface area (TPSA) is 93.2 Å². The summed E-state index contributed by atoms with van der Waals surface area (Å²) in [5.41, 5.74) is -0.190. The van der Waals surface area contributed by atoms with Gasteiger partial charge in [-0.2, -0.15) is 13.2 Å². The van der Waals surface area contributed by atoms with Crippen LogP contribution in [0.4, 0.5) is 19.0 Å². The standard InChI is InChI=1S/C21H19F3N4O3/c1-12-10-15(11-17(26-12)27-13(2)29)20(30)25-8-9-31-18-7-6-14-4-3-5-16(19(14)28-18)21(22,23)24/h3-7,10-11H,8-9H2,1-2H3,(H,25,30)(H,26,27,29). The SMILES string of the molecule is CC(=O)Nc1cc(C(=O)NCCOc2ccc3cccc(C(F)(F)F)c3n2)cc(C)n1. The van der Waals surface area contributed by atoms with Crippen LogP contribution in [0, 0.1) is 6.92 Å². The molecule has 3 aromatic rings. The van der Waals surface area contributed by atoms with Gasteiger partial charge in [-0.25, -0.2) is 9.97 Å². The maximum Gasteiger partial charge on any atom is 0.418 e. The van der Waals surface area contributed by atoms with Gasteiger partial charge in [-0.1, -0.05) is 12.1 Å². The number of rotatable bonds is 6. The van der Waals surface area contributed by atoms with E-state index in [1.165, 1.54) is 37.3 Å². The van der Waals surface area contributed by atoms with Crippen LogP contribution in [0.2, 0.25) is 0 Å². The zero-order chi connectivity index (χ0) is 22.6. The normalized spacial score (nSPS) is 11.3. The molecule has 0 aliphatic carbocycles. The molecule has 0 spiro atoms. The van der Waals surface area contributed by atoms with Crippen molar-refractivity contribution in [2.75, 3.05) is 18.5 Å². The van der Waals surface area contributed by atoms with Crippen molar-refractivity contribution in [3.05, 3.63) is 59.3 Å². The van der Waals surface area contributed by atoms with Crippen LogP contribution >= 0.6 is 0 Å². The van der Waals surface area contributed by atoms with Crippen molar-refractivity contribution < 1.29 is 27.5 Å². The second-order valence-corrected chi connectivity index (χ2v) is 6.69. The van der Waals surface area contributed by atoms with Gasteiger partial charge >= 0.3 is 6.18 Å². The molecule has 0 aliphatic heterocycles. The highest BCUT2D eigenvalue weighted by Crippen LogP contribution is 2.34. The van der Waals surface area contributed by atoms with E-state index in [0.29, 0.717) is 16.6 Å². The number of fused-ring (bicyclic) bond motifs is 1. The largest absolute Gasteiger partial charge is 0.476 e. The number of halogens is 3. The molecule has 2 N–H and O–H groups in total. The Kier molecular flexibility index (Phi) is 6.38. The van der Waals surface area contributed by atoms with Crippen LogP contribution in [0.5, 0.6) is 5.88 Å². The van der Waals surface area contributed by atoms with E-state index in [4.69, 9.17) is 4.74 Å². The first-order chi connectivity index (χ1) is 14.6. The fourth-order valence-electron chi connectivity index (χ4n) is 2.90. The molecule has 31 heavy (non-hydrogen) atoms. The third-order valence-corrected chi connectivity index (χ3v) is 4.16. The number of para-hydroxylation sites is 1. The Morgan fingerprint density at radius 2 is 1.87 bits per heavy atom. The molecular formula is C21H19F3N4O3. The molecule has 0 fully saturated rings. The molecule has 0 radical (unpaired) electrons. The van der Waals surface area contributed by atoms with Crippen LogP contribution in [-0.2, 0) is 11.0 Å². The van der Waals surface area contributed by atoms with E-state index in [1.54, 1.807) is 13.0 Å². The quantitative estimate of drug-likeness (QED) is 0.579. The molecule has 0 aliphatic rings. The van der Waals surface area contributed by atoms with Gasteiger partial charge in [-0.05, 0) is 31.2 Å². The lowest BCUT2D eigenvalue weighted by atomic mass is 10.1. The average molecular weight is 432 g/mol. The number of carbonyl (C=O) groups is 2. The zero-order valence-corrected chi connectivity index (χ0v) is 16.7. The fourth-order valence-corrected chi connectivity index (χ4v) is 2.90. The number of aryl methyl sites for hydroxylation is 1. The molecule has 0 saturated heterocycles. The number of hydrogen-bond acceptors (Lipinski definition) is 5. The van der Waals surface area contributed by atoms with E-state index in [1.807, 2.05) is 0 Å². The Hall–Kier alpha value is -3.69. The molecule has 10 heteroatoms. The summed E-state index contributed by atoms with van der Waals surface area (Å²) in [5, 5.41) is 5.50. The molecule has 0 unspecified atom stereocenters. The van der Waals surface area contributed by atoms with Gasteiger partial charge in [0, 0.05) is 29.6 Å². The molecule has 0 atom stereocenters. The van der Waals surface area contributed by atoms with E-state index < -0.39 is 17.6 Å². The van der Waals surface area contributed by atoms with Gasteiger partial charge in [0.05, 0.1) is 17.6 Å². The Morgan fingerprint density at radius 3 is 2.58 bits per heavy atom. The highest BCUT2D eigenvalue weighted by atomic mass is 19.4. The van der Waals surface area contributed by atoms with Crippen molar-refractivity contribution in [3.8, 4) is 5.88 Å². The first-order valence-electron chi connectivity index (χ1n) is 9.28. The number of aromatic nitrogens is 2. The first kappa shape index (κ1) is 22.0. The van der Waals surface area contributed by atoms with Crippen molar-refractivity contribution in [2.24, 2.45) is 0 Å². The molecule has 0 bridgehead atoms. The number of hydrogen-bond donors (Lipinski definition) is 2. The van der Waals surface area contributed by atoms with E-state index in [9.17, 15) is 22.8 Å². The Labute approximate surface area is 175 Å². The molecule has 7 nitrogen and oxygen atoms in total. The van der Waals surface area contributed by atoms with Crippen LogP contribution < -0.4 is 15.4 Å². The number of ether oxygens (including phenoxy) is 1. The number of benzene rings is 1. The summed E-state index contributed by atoms with van der Waals surface area (Å²) in [5.74, 6) is -0.443. The fraction of sp³-hybridized carbons (Fsp3) is 0.238. The number of alkyl halides is 3. The Morgan fingerprint density at radius 1 is 1.10 bits per heavy atom. The Bertz CT molecular complexity index is 1130. The lowest BCUT2D eigenvalue weighted by Gasteiger charge is -2.12. The number of nitrogens with one attached hydrogen (secondary N) is 2. The van der Waals surface area contributed by atoms with E-state index in [2.05, 4.69) is 20.6 Å². The maximum absolute atomic E-state index is 13.2. The molecule has 2 aromatic heterocycles. The van der Waals surface area contributed by atoms with Crippen LogP contribution in [0.3, 0.4) is 0 Å². The molecular weight excluding hydrogens is 413 g/mol. The predicted molar refractivity (Wildman–Crippen MR) is 108 cm³/mol. The molecule has 2 amide bonds. The highest BCUT2D eigenvalue weighted by molar-refractivity contribution is 5.96. The zero-order valence-electron chi connectivity index (χ0n) is 16.7. The van der Waals surface area contributed by atoms with Gasteiger partial charge in [-0.15, -0.1) is 0 Å². The highest BCUT2D eigenvalue weighted by Gasteiger charge is 2.33. The lowest BCUT2D eigenvalue weighted by Crippen LogP contribution is -2.28. The van der Waals surface area contributed by atoms with E-state index >= 15 is 0 Å². The number of nitrogens with zero attached hydrogens (tertiary/aromatic N) is 2. The molecule has 2 heterocycles. The van der Waals surface area contributed by atoms with E-state index in [0.717, 1.165) is 6.07 Å². The minimum Gasteiger partial charge on any atom is -0.476 e. The number of anilines is 1. The summed E-state index contributed by atoms with van der Waals surface area (Å²) in [7, 11) is 0. The second kappa shape index (κ2) is 8.99. The monoisotopic (exact) mass is 432 g/mol. The van der Waals surface area contributed by atoms with Gasteiger partial charge in [0.25, 0.3) is 5.91 Å². The summed E-state index contributed by atoms with van der Waals surface area (Å²) in [6.45, 7) is 3.11. The van der Waals surface area contributed by atoms with Crippen molar-refractivity contribution in [1.82, 2.24) is 15.3 Å². The third kappa shape index (κ3) is 5.68. The molecule has 1 aromatic carbocycles. The summed E-state index contributed by atoms with van der Waals surface area (Å²) in [4.78, 5) is 31.6. The van der Waals surface area contributed by atoms with Gasteiger partial charge in [0.15, 0.2) is 0 Å². The van der Waals surface area contributed by atoms with Gasteiger partial charge in [-0.3, -0.25) is 9.59 Å². The average Bonchev–Trinajstić information content (AvgIpc) is 2.68. The minimum atomic E-state index is -4.53. The maximum atomic E-state index is 13.2. The predicted octanol–water partition coefficient (Wildman–Crippen LogP) is 3.72. The van der Waals surface area contributed by atoms with Crippen molar-refractivity contribution in [1.29, 1.82) is 0 Å². The third-order valence-electron chi connectivity index (χ3n) is 4.16. The lowest BCUT2D eigenvalue weighted by molar-refractivity contribution is -0.136. The summed E-state index contributed by atoms with van der Waals surface area (Å²) in [6.07, 6.45) is -4.53. The van der Waals surface area contributed by atoms with Gasteiger partial charge in [0.1, 0.15) is 12.4 Å². The van der Waals surface area contributed by atoms with Crippen LogP contribution in [0.25, 0.3) is 10.9 Å². The first-order valence-corrected chi connectivity index (χ1v) is 9.28. The molecule has 3 rings (SSSR count). The minimum absolute atomic E-state index is 0.00104. The molecule has 162 valence electrons. The van der Waals surface area contributed by atoms with Crippen molar-refractivity contribution >= 4 is 28.5 Å². The van der Waals surface area contributed by atoms with Crippen LogP contribution in [0.15, 0.2) is 42.5 Å². The van der Waals surface area contributed by atoms with Crippen molar-refractivity contribution in [3.63, 3.8) is 0 Å².